The van der Waals surface area contributed by atoms with Gasteiger partial charge in [-0.3, -0.25) is 4.90 Å². The molecule has 1 unspecified atom stereocenters. The molecule has 0 aromatic carbocycles. The molecule has 0 aromatic heterocycles. The first-order valence-electron chi connectivity index (χ1n) is 6.42. The van der Waals surface area contributed by atoms with Gasteiger partial charge < -0.3 is 10.5 Å². The molecular formula is C12H24N2O. The summed E-state index contributed by atoms with van der Waals surface area (Å²) < 4.78 is 5.21. The Kier molecular flexibility index (Phi) is 4.42. The molecule has 0 aliphatic carbocycles. The van der Waals surface area contributed by atoms with Crippen LogP contribution >= 0.6 is 0 Å². The predicted molar refractivity (Wildman–Crippen MR) is 61.8 cm³/mol. The van der Waals surface area contributed by atoms with Crippen molar-refractivity contribution in [1.82, 2.24) is 4.90 Å². The molecule has 0 spiro atoms. The summed E-state index contributed by atoms with van der Waals surface area (Å²) in [5.41, 5.74) is 5.85. The number of nitrogens with two attached hydrogens (primary N) is 1. The Morgan fingerprint density at radius 3 is 2.73 bits per heavy atom. The normalized spacial score (nSPS) is 29.8. The van der Waals surface area contributed by atoms with Gasteiger partial charge in [-0.2, -0.15) is 0 Å². The molecule has 0 aromatic rings. The van der Waals surface area contributed by atoms with Gasteiger partial charge in [0.15, 0.2) is 0 Å². The third-order valence-electron chi connectivity index (χ3n) is 3.80. The Bertz CT molecular complexity index is 182. The van der Waals surface area contributed by atoms with Crippen molar-refractivity contribution < 1.29 is 4.74 Å². The molecular weight excluding hydrogens is 188 g/mol. The van der Waals surface area contributed by atoms with Gasteiger partial charge in [0.1, 0.15) is 0 Å². The van der Waals surface area contributed by atoms with E-state index in [-0.39, 0.29) is 0 Å². The van der Waals surface area contributed by atoms with Crippen molar-refractivity contribution in [3.63, 3.8) is 0 Å². The maximum absolute atomic E-state index is 5.85. The molecule has 2 saturated heterocycles. The highest BCUT2D eigenvalue weighted by Gasteiger charge is 2.23. The minimum absolute atomic E-state index is 0.647. The predicted octanol–water partition coefficient (Wildman–Crippen LogP) is 1.23. The Hall–Kier alpha value is -0.120. The summed E-state index contributed by atoms with van der Waals surface area (Å²) in [5, 5.41) is 0. The second kappa shape index (κ2) is 5.83. The largest absolute Gasteiger partial charge is 0.381 e. The lowest BCUT2D eigenvalue weighted by molar-refractivity contribution is -0.0401. The number of rotatable bonds is 4. The van der Waals surface area contributed by atoms with Crippen LogP contribution in [0.5, 0.6) is 0 Å². The van der Waals surface area contributed by atoms with E-state index in [1.165, 1.54) is 45.2 Å². The zero-order valence-electron chi connectivity index (χ0n) is 9.66. The number of hydrogen-bond acceptors (Lipinski definition) is 3. The van der Waals surface area contributed by atoms with E-state index in [0.29, 0.717) is 6.04 Å². The summed E-state index contributed by atoms with van der Waals surface area (Å²) in [7, 11) is 0. The summed E-state index contributed by atoms with van der Waals surface area (Å²) >= 11 is 0. The lowest BCUT2D eigenvalue weighted by atomic mass is 10.0. The van der Waals surface area contributed by atoms with Crippen molar-refractivity contribution in [2.45, 2.75) is 38.1 Å². The van der Waals surface area contributed by atoms with Gasteiger partial charge in [-0.15, -0.1) is 0 Å². The van der Waals surface area contributed by atoms with Gasteiger partial charge in [-0.25, -0.2) is 0 Å². The monoisotopic (exact) mass is 212 g/mol. The fourth-order valence-electron chi connectivity index (χ4n) is 2.60. The van der Waals surface area contributed by atoms with Crippen LogP contribution in [0.3, 0.4) is 0 Å². The quantitative estimate of drug-likeness (QED) is 0.761. The third kappa shape index (κ3) is 3.16. The molecule has 2 N–H and O–H groups in total. The Morgan fingerprint density at radius 1 is 1.20 bits per heavy atom. The topological polar surface area (TPSA) is 38.5 Å². The maximum atomic E-state index is 5.85. The Morgan fingerprint density at radius 2 is 2.07 bits per heavy atom. The van der Waals surface area contributed by atoms with Crippen LogP contribution in [0.4, 0.5) is 0 Å². The molecule has 2 aliphatic rings. The average Bonchev–Trinajstić information content (AvgIpc) is 2.40. The maximum Gasteiger partial charge on any atom is 0.0516 e. The summed E-state index contributed by atoms with van der Waals surface area (Å²) in [6, 6.07) is 0.647. The first-order chi connectivity index (χ1) is 7.40. The lowest BCUT2D eigenvalue weighted by Gasteiger charge is -2.32. The zero-order valence-corrected chi connectivity index (χ0v) is 9.66. The van der Waals surface area contributed by atoms with Gasteiger partial charge in [-0.1, -0.05) is 12.8 Å². The van der Waals surface area contributed by atoms with E-state index in [1.54, 1.807) is 0 Å². The minimum atomic E-state index is 0.647. The molecule has 2 aliphatic heterocycles. The molecule has 2 rings (SSSR count). The molecule has 3 heteroatoms. The van der Waals surface area contributed by atoms with Crippen LogP contribution in [-0.2, 0) is 4.74 Å². The van der Waals surface area contributed by atoms with Crippen molar-refractivity contribution in [2.24, 2.45) is 11.7 Å². The fraction of sp³-hybridized carbons (Fsp3) is 1.00. The molecule has 2 heterocycles. The molecule has 1 atom stereocenters. The van der Waals surface area contributed by atoms with Gasteiger partial charge in [-0.05, 0) is 32.4 Å². The molecule has 3 nitrogen and oxygen atoms in total. The SMILES string of the molecule is NCC1CCCCCN1CCC1COC1. The summed E-state index contributed by atoms with van der Waals surface area (Å²) in [6.45, 7) is 5.30. The van der Waals surface area contributed by atoms with Crippen LogP contribution in [0.25, 0.3) is 0 Å². The van der Waals surface area contributed by atoms with Crippen molar-refractivity contribution in [3.05, 3.63) is 0 Å². The number of ether oxygens (including phenoxy) is 1. The Balaban J connectivity index is 1.74. The smallest absolute Gasteiger partial charge is 0.0516 e. The first kappa shape index (κ1) is 11.4. The van der Waals surface area contributed by atoms with E-state index in [9.17, 15) is 0 Å². The number of hydrogen-bond donors (Lipinski definition) is 1. The van der Waals surface area contributed by atoms with Crippen LogP contribution in [-0.4, -0.2) is 43.8 Å². The number of nitrogens with zero attached hydrogens (tertiary/aromatic N) is 1. The van der Waals surface area contributed by atoms with E-state index in [1.807, 2.05) is 0 Å². The van der Waals surface area contributed by atoms with Gasteiger partial charge in [0, 0.05) is 18.5 Å². The van der Waals surface area contributed by atoms with Crippen molar-refractivity contribution in [1.29, 1.82) is 0 Å². The van der Waals surface area contributed by atoms with Crippen LogP contribution in [0.1, 0.15) is 32.1 Å². The second-order valence-corrected chi connectivity index (χ2v) is 4.97. The van der Waals surface area contributed by atoms with Crippen LogP contribution in [0, 0.1) is 5.92 Å². The van der Waals surface area contributed by atoms with Gasteiger partial charge in [0.25, 0.3) is 0 Å². The van der Waals surface area contributed by atoms with Crippen LogP contribution < -0.4 is 5.73 Å². The van der Waals surface area contributed by atoms with Crippen LogP contribution in [0.2, 0.25) is 0 Å². The summed E-state index contributed by atoms with van der Waals surface area (Å²) in [5.74, 6) is 0.826. The standard InChI is InChI=1S/C12H24N2O/c13-8-12-4-2-1-3-6-14(12)7-5-11-9-15-10-11/h11-12H,1-10,13H2. The molecule has 2 fully saturated rings. The molecule has 88 valence electrons. The average molecular weight is 212 g/mol. The van der Waals surface area contributed by atoms with E-state index >= 15 is 0 Å². The highest BCUT2D eigenvalue weighted by molar-refractivity contribution is 4.77. The fourth-order valence-corrected chi connectivity index (χ4v) is 2.60. The zero-order chi connectivity index (χ0) is 10.5. The van der Waals surface area contributed by atoms with Crippen molar-refractivity contribution in [2.75, 3.05) is 32.8 Å². The molecule has 0 radical (unpaired) electrons. The van der Waals surface area contributed by atoms with Crippen molar-refractivity contribution >= 4 is 0 Å². The second-order valence-electron chi connectivity index (χ2n) is 4.97. The van der Waals surface area contributed by atoms with E-state index in [2.05, 4.69) is 4.90 Å². The molecule has 15 heavy (non-hydrogen) atoms. The number of likely N-dealkylation sites (tertiary alicyclic amines) is 1. The van der Waals surface area contributed by atoms with Gasteiger partial charge >= 0.3 is 0 Å². The van der Waals surface area contributed by atoms with E-state index in [0.717, 1.165) is 25.7 Å². The highest BCUT2D eigenvalue weighted by atomic mass is 16.5. The summed E-state index contributed by atoms with van der Waals surface area (Å²) in [4.78, 5) is 2.62. The highest BCUT2D eigenvalue weighted by Crippen LogP contribution is 2.19. The molecule has 0 amide bonds. The first-order valence-corrected chi connectivity index (χ1v) is 6.42. The minimum Gasteiger partial charge on any atom is -0.381 e. The van der Waals surface area contributed by atoms with Crippen molar-refractivity contribution in [3.8, 4) is 0 Å². The third-order valence-corrected chi connectivity index (χ3v) is 3.80. The van der Waals surface area contributed by atoms with E-state index < -0.39 is 0 Å². The van der Waals surface area contributed by atoms with Gasteiger partial charge in [0.2, 0.25) is 0 Å². The molecule has 0 saturated carbocycles. The van der Waals surface area contributed by atoms with Gasteiger partial charge in [0.05, 0.1) is 13.2 Å². The van der Waals surface area contributed by atoms with Crippen LogP contribution in [0.15, 0.2) is 0 Å². The lowest BCUT2D eigenvalue weighted by Crippen LogP contribution is -2.42. The van der Waals surface area contributed by atoms with E-state index in [4.69, 9.17) is 10.5 Å². The summed E-state index contributed by atoms with van der Waals surface area (Å²) in [6.07, 6.45) is 6.72. The Labute approximate surface area is 93.0 Å². The molecule has 0 bridgehead atoms.